The Morgan fingerprint density at radius 1 is 0.900 bits per heavy atom. The van der Waals surface area contributed by atoms with Crippen LogP contribution >= 0.6 is 0 Å². The van der Waals surface area contributed by atoms with Crippen LogP contribution in [-0.4, -0.2) is 5.78 Å². The smallest absolute Gasteiger partial charge is 0.196 e. The predicted octanol–water partition coefficient (Wildman–Crippen LogP) is 3.37. The van der Waals surface area contributed by atoms with Crippen LogP contribution in [0.2, 0.25) is 0 Å². The zero-order valence-electron chi connectivity index (χ0n) is 10.3. The lowest BCUT2D eigenvalue weighted by Gasteiger charge is -2.05. The van der Waals surface area contributed by atoms with Gasteiger partial charge < -0.3 is 4.74 Å². The number of hydrogen-bond acceptors (Lipinski definition) is 2. The van der Waals surface area contributed by atoms with E-state index in [1.54, 1.807) is 12.1 Å². The summed E-state index contributed by atoms with van der Waals surface area (Å²) >= 11 is 0. The Morgan fingerprint density at radius 3 is 2.40 bits per heavy atom. The average Bonchev–Trinajstić information content (AvgIpc) is 2.89. The summed E-state index contributed by atoms with van der Waals surface area (Å²) in [6, 6.07) is 5.78. The van der Waals surface area contributed by atoms with Gasteiger partial charge in [-0.15, -0.1) is 0 Å². The maximum atomic E-state index is 13.6. The first-order chi connectivity index (χ1) is 9.56. The average molecular weight is 278 g/mol. The number of rotatable bonds is 2. The molecule has 102 valence electrons. The van der Waals surface area contributed by atoms with Crippen molar-refractivity contribution in [3.63, 3.8) is 0 Å². The second kappa shape index (κ2) is 4.76. The van der Waals surface area contributed by atoms with E-state index in [-0.39, 0.29) is 5.56 Å². The number of fused-ring (bicyclic) bond motifs is 1. The van der Waals surface area contributed by atoms with Crippen molar-refractivity contribution in [1.29, 1.82) is 0 Å². The summed E-state index contributed by atoms with van der Waals surface area (Å²) in [6.07, 6.45) is 0. The van der Waals surface area contributed by atoms with Crippen molar-refractivity contribution in [1.82, 2.24) is 0 Å². The van der Waals surface area contributed by atoms with E-state index >= 15 is 0 Å². The van der Waals surface area contributed by atoms with Gasteiger partial charge in [-0.2, -0.15) is 0 Å². The van der Waals surface area contributed by atoms with Gasteiger partial charge in [-0.05, 0) is 23.3 Å². The van der Waals surface area contributed by atoms with Crippen LogP contribution in [0, 0.1) is 17.5 Å². The van der Waals surface area contributed by atoms with Crippen molar-refractivity contribution in [3.05, 3.63) is 70.0 Å². The molecule has 20 heavy (non-hydrogen) atoms. The molecule has 5 heteroatoms. The van der Waals surface area contributed by atoms with Gasteiger partial charge in [0.1, 0.15) is 5.82 Å². The Hall–Kier alpha value is -2.14. The number of ketones is 1. The van der Waals surface area contributed by atoms with Gasteiger partial charge in [0.15, 0.2) is 17.4 Å². The van der Waals surface area contributed by atoms with E-state index in [1.165, 1.54) is 6.07 Å². The number of benzene rings is 2. The standard InChI is InChI=1S/C15H9F3O2/c16-12-5-14(18)13(17)4-11(12)15(19)8-1-2-9-6-20-7-10(9)3-8/h1-5H,6-7H2. The van der Waals surface area contributed by atoms with Crippen LogP contribution in [0.5, 0.6) is 0 Å². The second-order valence-electron chi connectivity index (χ2n) is 4.55. The minimum atomic E-state index is -1.32. The summed E-state index contributed by atoms with van der Waals surface area (Å²) in [5.41, 5.74) is 1.55. The van der Waals surface area contributed by atoms with Gasteiger partial charge in [0, 0.05) is 11.6 Å². The van der Waals surface area contributed by atoms with Crippen LogP contribution in [0.4, 0.5) is 13.2 Å². The molecule has 0 amide bonds. The molecule has 3 rings (SSSR count). The van der Waals surface area contributed by atoms with E-state index in [2.05, 4.69) is 0 Å². The zero-order chi connectivity index (χ0) is 14.3. The first-order valence-electron chi connectivity index (χ1n) is 5.95. The van der Waals surface area contributed by atoms with Crippen LogP contribution in [-0.2, 0) is 18.0 Å². The molecular weight excluding hydrogens is 269 g/mol. The number of halogens is 3. The number of carbonyl (C=O) groups excluding carboxylic acids is 1. The summed E-state index contributed by atoms with van der Waals surface area (Å²) in [7, 11) is 0. The Labute approximate surface area is 112 Å². The third-order valence-corrected chi connectivity index (χ3v) is 3.24. The Kier molecular flexibility index (Phi) is 3.06. The van der Waals surface area contributed by atoms with Gasteiger partial charge in [0.25, 0.3) is 0 Å². The van der Waals surface area contributed by atoms with E-state index in [1.807, 2.05) is 0 Å². The number of carbonyl (C=O) groups is 1. The summed E-state index contributed by atoms with van der Waals surface area (Å²) in [5.74, 6) is -4.33. The van der Waals surface area contributed by atoms with E-state index in [0.29, 0.717) is 25.3 Å². The highest BCUT2D eigenvalue weighted by Gasteiger charge is 2.20. The van der Waals surface area contributed by atoms with Gasteiger partial charge in [0.05, 0.1) is 18.8 Å². The molecule has 0 N–H and O–H groups in total. The van der Waals surface area contributed by atoms with Gasteiger partial charge in [-0.25, -0.2) is 13.2 Å². The highest BCUT2D eigenvalue weighted by atomic mass is 19.2. The number of hydrogen-bond donors (Lipinski definition) is 0. The van der Waals surface area contributed by atoms with Crippen molar-refractivity contribution in [3.8, 4) is 0 Å². The molecule has 1 heterocycles. The summed E-state index contributed by atoms with van der Waals surface area (Å²) in [4.78, 5) is 12.2. The van der Waals surface area contributed by atoms with Crippen molar-refractivity contribution < 1.29 is 22.7 Å². The van der Waals surface area contributed by atoms with Crippen LogP contribution in [0.3, 0.4) is 0 Å². The van der Waals surface area contributed by atoms with E-state index < -0.39 is 28.8 Å². The van der Waals surface area contributed by atoms with E-state index in [9.17, 15) is 18.0 Å². The largest absolute Gasteiger partial charge is 0.372 e. The highest BCUT2D eigenvalue weighted by Crippen LogP contribution is 2.23. The Bertz CT molecular complexity index is 711. The van der Waals surface area contributed by atoms with Gasteiger partial charge >= 0.3 is 0 Å². The monoisotopic (exact) mass is 278 g/mol. The molecule has 0 saturated carbocycles. The topological polar surface area (TPSA) is 26.3 Å². The first-order valence-corrected chi connectivity index (χ1v) is 5.95. The molecule has 0 atom stereocenters. The minimum absolute atomic E-state index is 0.221. The Balaban J connectivity index is 2.03. The van der Waals surface area contributed by atoms with E-state index in [0.717, 1.165) is 11.1 Å². The van der Waals surface area contributed by atoms with Gasteiger partial charge in [-0.1, -0.05) is 12.1 Å². The summed E-state index contributed by atoms with van der Waals surface area (Å²) in [5, 5.41) is 0. The molecule has 2 aromatic rings. The van der Waals surface area contributed by atoms with Crippen molar-refractivity contribution >= 4 is 5.78 Å². The minimum Gasteiger partial charge on any atom is -0.372 e. The summed E-state index contributed by atoms with van der Waals surface area (Å²) < 4.78 is 44.8. The van der Waals surface area contributed by atoms with Crippen LogP contribution < -0.4 is 0 Å². The molecule has 1 aliphatic rings. The third-order valence-electron chi connectivity index (χ3n) is 3.24. The summed E-state index contributed by atoms with van der Waals surface area (Å²) in [6.45, 7) is 0.861. The molecule has 0 spiro atoms. The molecule has 0 fully saturated rings. The first kappa shape index (κ1) is 12.9. The molecule has 0 radical (unpaired) electrons. The lowest BCUT2D eigenvalue weighted by atomic mass is 9.99. The third kappa shape index (κ3) is 2.10. The maximum Gasteiger partial charge on any atom is 0.196 e. The van der Waals surface area contributed by atoms with Gasteiger partial charge in [-0.3, -0.25) is 4.79 Å². The number of ether oxygens (including phenoxy) is 1. The molecule has 1 aliphatic heterocycles. The van der Waals surface area contributed by atoms with E-state index in [4.69, 9.17) is 4.74 Å². The van der Waals surface area contributed by atoms with Crippen molar-refractivity contribution in [2.45, 2.75) is 13.2 Å². The fourth-order valence-corrected chi connectivity index (χ4v) is 2.17. The highest BCUT2D eigenvalue weighted by molar-refractivity contribution is 6.09. The lowest BCUT2D eigenvalue weighted by molar-refractivity contribution is 0.103. The maximum absolute atomic E-state index is 13.6. The zero-order valence-corrected chi connectivity index (χ0v) is 10.3. The van der Waals surface area contributed by atoms with Crippen LogP contribution in [0.25, 0.3) is 0 Å². The second-order valence-corrected chi connectivity index (χ2v) is 4.55. The lowest BCUT2D eigenvalue weighted by Crippen LogP contribution is -2.07. The predicted molar refractivity (Wildman–Crippen MR) is 64.7 cm³/mol. The molecule has 0 saturated heterocycles. The quantitative estimate of drug-likeness (QED) is 0.622. The van der Waals surface area contributed by atoms with Crippen molar-refractivity contribution in [2.75, 3.05) is 0 Å². The SMILES string of the molecule is O=C(c1ccc2c(c1)COC2)c1cc(F)c(F)cc1F. The fraction of sp³-hybridized carbons (Fsp3) is 0.133. The molecular formula is C15H9F3O2. The molecule has 0 bridgehead atoms. The van der Waals surface area contributed by atoms with Crippen molar-refractivity contribution in [2.24, 2.45) is 0 Å². The normalized spacial score (nSPS) is 13.3. The molecule has 0 aromatic heterocycles. The Morgan fingerprint density at radius 2 is 1.60 bits per heavy atom. The van der Waals surface area contributed by atoms with Gasteiger partial charge in [0.2, 0.25) is 0 Å². The molecule has 2 nitrogen and oxygen atoms in total. The molecule has 2 aromatic carbocycles. The molecule has 0 aliphatic carbocycles. The van der Waals surface area contributed by atoms with Crippen LogP contribution in [0.15, 0.2) is 30.3 Å². The van der Waals surface area contributed by atoms with Crippen LogP contribution in [0.1, 0.15) is 27.0 Å². The fourth-order valence-electron chi connectivity index (χ4n) is 2.17. The molecule has 0 unspecified atom stereocenters.